The fourth-order valence-corrected chi connectivity index (χ4v) is 3.41. The summed E-state index contributed by atoms with van der Waals surface area (Å²) >= 11 is 4.85. The highest BCUT2D eigenvalue weighted by Crippen LogP contribution is 2.29. The van der Waals surface area contributed by atoms with Gasteiger partial charge in [-0.1, -0.05) is 30.0 Å². The number of benzene rings is 2. The van der Waals surface area contributed by atoms with Gasteiger partial charge in [0.2, 0.25) is 0 Å². The average molecular weight is 455 g/mol. The van der Waals surface area contributed by atoms with Crippen molar-refractivity contribution in [3.63, 3.8) is 0 Å². The third-order valence-corrected chi connectivity index (χ3v) is 5.10. The molecule has 2 N–H and O–H groups in total. The molecule has 0 unspecified atom stereocenters. The van der Waals surface area contributed by atoms with E-state index >= 15 is 0 Å². The van der Waals surface area contributed by atoms with Crippen LogP contribution >= 0.6 is 27.7 Å². The highest BCUT2D eigenvalue weighted by Gasteiger charge is 2.14. The minimum atomic E-state index is -0.252. The zero-order chi connectivity index (χ0) is 19.5. The number of H-pyrrole nitrogens is 1. The molecule has 28 heavy (non-hydrogen) atoms. The first-order valence-corrected chi connectivity index (χ1v) is 10.4. The van der Waals surface area contributed by atoms with Crippen molar-refractivity contribution in [2.24, 2.45) is 0 Å². The summed E-state index contributed by atoms with van der Waals surface area (Å²) in [5.41, 5.74) is 1.10. The van der Waals surface area contributed by atoms with Gasteiger partial charge < -0.3 is 15.0 Å². The molecule has 0 aliphatic rings. The summed E-state index contributed by atoms with van der Waals surface area (Å²) < 4.78 is 6.51. The minimum absolute atomic E-state index is 0.252. The third-order valence-electron chi connectivity index (χ3n) is 3.95. The molecule has 4 rings (SSSR count). The number of aromatic nitrogens is 3. The Morgan fingerprint density at radius 2 is 1.75 bits per heavy atom. The van der Waals surface area contributed by atoms with Crippen molar-refractivity contribution in [1.29, 1.82) is 0 Å². The van der Waals surface area contributed by atoms with E-state index in [4.69, 9.17) is 4.74 Å². The van der Waals surface area contributed by atoms with Crippen molar-refractivity contribution >= 4 is 50.1 Å². The van der Waals surface area contributed by atoms with Gasteiger partial charge in [0.15, 0.2) is 5.16 Å². The minimum Gasteiger partial charge on any atom is -0.457 e. The Balaban J connectivity index is 1.66. The standard InChI is InChI=1S/C20H15BrN4O2S/c1-28-20-24-17-15(21)11-22-19(26)16(17)18(25-20)23-12-7-9-14(10-8-12)27-13-5-3-2-4-6-13/h2-11H,1H3,(H,22,26)(H,23,24,25). The van der Waals surface area contributed by atoms with Crippen molar-refractivity contribution < 1.29 is 4.74 Å². The van der Waals surface area contributed by atoms with Crippen molar-refractivity contribution in [3.05, 3.63) is 75.6 Å². The first-order chi connectivity index (χ1) is 13.6. The number of hydrogen-bond donors (Lipinski definition) is 2. The number of fused-ring (bicyclic) bond motifs is 1. The number of nitrogens with one attached hydrogen (secondary N) is 2. The Morgan fingerprint density at radius 1 is 1.04 bits per heavy atom. The summed E-state index contributed by atoms with van der Waals surface area (Å²) in [6.45, 7) is 0. The molecule has 0 spiro atoms. The lowest BCUT2D eigenvalue weighted by molar-refractivity contribution is 0.483. The molecule has 0 radical (unpaired) electrons. The molecule has 6 nitrogen and oxygen atoms in total. The number of ether oxygens (including phenoxy) is 1. The number of hydrogen-bond acceptors (Lipinski definition) is 6. The Labute approximate surface area is 173 Å². The fourth-order valence-electron chi connectivity index (χ4n) is 2.65. The second kappa shape index (κ2) is 8.04. The summed E-state index contributed by atoms with van der Waals surface area (Å²) in [5, 5.41) is 4.19. The van der Waals surface area contributed by atoms with Gasteiger partial charge in [-0.05, 0) is 58.6 Å². The normalized spacial score (nSPS) is 10.8. The lowest BCUT2D eigenvalue weighted by Gasteiger charge is -2.11. The van der Waals surface area contributed by atoms with Crippen LogP contribution < -0.4 is 15.6 Å². The van der Waals surface area contributed by atoms with Gasteiger partial charge in [0.05, 0.1) is 9.99 Å². The van der Waals surface area contributed by atoms with E-state index in [2.05, 4.69) is 36.2 Å². The van der Waals surface area contributed by atoms with E-state index in [0.717, 1.165) is 17.2 Å². The molecule has 0 atom stereocenters. The van der Waals surface area contributed by atoms with Gasteiger partial charge in [-0.15, -0.1) is 0 Å². The lowest BCUT2D eigenvalue weighted by Crippen LogP contribution is -2.11. The lowest BCUT2D eigenvalue weighted by atomic mass is 10.2. The zero-order valence-corrected chi connectivity index (χ0v) is 17.2. The molecule has 0 bridgehead atoms. The van der Waals surface area contributed by atoms with E-state index < -0.39 is 0 Å². The zero-order valence-electron chi connectivity index (χ0n) is 14.8. The maximum absolute atomic E-state index is 12.4. The predicted molar refractivity (Wildman–Crippen MR) is 116 cm³/mol. The van der Waals surface area contributed by atoms with Gasteiger partial charge in [0.25, 0.3) is 5.56 Å². The number of nitrogens with zero attached hydrogens (tertiary/aromatic N) is 2. The van der Waals surface area contributed by atoms with Crippen molar-refractivity contribution in [1.82, 2.24) is 15.0 Å². The predicted octanol–water partition coefficient (Wildman–Crippen LogP) is 5.34. The van der Waals surface area contributed by atoms with Crippen LogP contribution in [0.1, 0.15) is 0 Å². The number of halogens is 1. The Hall–Kier alpha value is -2.84. The van der Waals surface area contributed by atoms with Crippen LogP contribution in [0.5, 0.6) is 11.5 Å². The van der Waals surface area contributed by atoms with Crippen LogP contribution in [0.3, 0.4) is 0 Å². The van der Waals surface area contributed by atoms with E-state index in [1.807, 2.05) is 60.9 Å². The van der Waals surface area contributed by atoms with Crippen molar-refractivity contribution in [3.8, 4) is 11.5 Å². The van der Waals surface area contributed by atoms with Crippen LogP contribution in [0.4, 0.5) is 11.5 Å². The maximum atomic E-state index is 12.4. The van der Waals surface area contributed by atoms with Crippen LogP contribution in [0, 0.1) is 0 Å². The third kappa shape index (κ3) is 3.88. The summed E-state index contributed by atoms with van der Waals surface area (Å²) in [5.74, 6) is 1.94. The number of rotatable bonds is 5. The van der Waals surface area contributed by atoms with Gasteiger partial charge in [-0.3, -0.25) is 4.79 Å². The summed E-state index contributed by atoms with van der Waals surface area (Å²) in [6, 6.07) is 17.0. The van der Waals surface area contributed by atoms with Crippen molar-refractivity contribution in [2.45, 2.75) is 5.16 Å². The molecular weight excluding hydrogens is 440 g/mol. The Kier molecular flexibility index (Phi) is 5.31. The van der Waals surface area contributed by atoms with Gasteiger partial charge in [-0.25, -0.2) is 9.97 Å². The number of aromatic amines is 1. The topological polar surface area (TPSA) is 79.9 Å². The second-order valence-electron chi connectivity index (χ2n) is 5.81. The Bertz CT molecular complexity index is 1180. The molecule has 140 valence electrons. The van der Waals surface area contributed by atoms with Crippen molar-refractivity contribution in [2.75, 3.05) is 11.6 Å². The van der Waals surface area contributed by atoms with E-state index in [-0.39, 0.29) is 5.56 Å². The van der Waals surface area contributed by atoms with Crippen LogP contribution in [-0.2, 0) is 0 Å². The highest BCUT2D eigenvalue weighted by atomic mass is 79.9. The summed E-state index contributed by atoms with van der Waals surface area (Å²) in [4.78, 5) is 24.0. The fraction of sp³-hybridized carbons (Fsp3) is 0.0500. The van der Waals surface area contributed by atoms with Gasteiger partial charge in [0.1, 0.15) is 22.7 Å². The maximum Gasteiger partial charge on any atom is 0.261 e. The average Bonchev–Trinajstić information content (AvgIpc) is 2.72. The molecule has 4 aromatic rings. The quantitative estimate of drug-likeness (QED) is 0.313. The number of thioether (sulfide) groups is 1. The van der Waals surface area contributed by atoms with Crippen LogP contribution in [0.2, 0.25) is 0 Å². The van der Waals surface area contributed by atoms with Gasteiger partial charge in [0, 0.05) is 11.9 Å². The van der Waals surface area contributed by atoms with Gasteiger partial charge >= 0.3 is 0 Å². The second-order valence-corrected chi connectivity index (χ2v) is 7.44. The molecular formula is C20H15BrN4O2S. The Morgan fingerprint density at radius 3 is 2.46 bits per heavy atom. The monoisotopic (exact) mass is 454 g/mol. The van der Waals surface area contributed by atoms with Crippen LogP contribution in [0.15, 0.2) is 75.2 Å². The first kappa shape index (κ1) is 18.5. The molecule has 0 saturated carbocycles. The molecule has 0 fully saturated rings. The summed E-state index contributed by atoms with van der Waals surface area (Å²) in [7, 11) is 0. The largest absolute Gasteiger partial charge is 0.457 e. The SMILES string of the molecule is CSc1nc(Nc2ccc(Oc3ccccc3)cc2)c2c(=O)[nH]cc(Br)c2n1. The van der Waals surface area contributed by atoms with E-state index in [9.17, 15) is 4.79 Å². The molecule has 2 aromatic carbocycles. The molecule has 0 saturated heterocycles. The number of pyridine rings is 1. The molecule has 2 aromatic heterocycles. The number of para-hydroxylation sites is 1. The smallest absolute Gasteiger partial charge is 0.261 e. The van der Waals surface area contributed by atoms with E-state index in [1.165, 1.54) is 11.8 Å². The number of anilines is 2. The molecule has 8 heteroatoms. The molecule has 0 aliphatic carbocycles. The summed E-state index contributed by atoms with van der Waals surface area (Å²) in [6.07, 6.45) is 3.48. The van der Waals surface area contributed by atoms with Crippen LogP contribution in [-0.4, -0.2) is 21.2 Å². The first-order valence-electron chi connectivity index (χ1n) is 8.37. The van der Waals surface area contributed by atoms with E-state index in [1.54, 1.807) is 6.20 Å². The van der Waals surface area contributed by atoms with Crippen LogP contribution in [0.25, 0.3) is 10.9 Å². The van der Waals surface area contributed by atoms with Gasteiger partial charge in [-0.2, -0.15) is 0 Å². The van der Waals surface area contributed by atoms with E-state index in [0.29, 0.717) is 26.3 Å². The molecule has 2 heterocycles. The molecule has 0 amide bonds. The highest BCUT2D eigenvalue weighted by molar-refractivity contribution is 9.10. The molecule has 0 aliphatic heterocycles.